The van der Waals surface area contributed by atoms with Gasteiger partial charge in [0.1, 0.15) is 0 Å². The Bertz CT molecular complexity index is 262. The molecule has 0 aliphatic carbocycles. The van der Waals surface area contributed by atoms with E-state index in [-0.39, 0.29) is 0 Å². The lowest BCUT2D eigenvalue weighted by molar-refractivity contribution is -0.178. The highest BCUT2D eigenvalue weighted by Gasteiger charge is 2.56. The van der Waals surface area contributed by atoms with E-state index in [1.165, 1.54) is 0 Å². The number of carboxylic acid groups (broad SMARTS) is 3. The van der Waals surface area contributed by atoms with Crippen molar-refractivity contribution < 1.29 is 29.7 Å². The van der Waals surface area contributed by atoms with Crippen molar-refractivity contribution >= 4 is 17.9 Å². The molecule has 0 rings (SSSR count). The predicted molar refractivity (Wildman–Crippen MR) is 49.4 cm³/mol. The minimum atomic E-state index is -2.77. The lowest BCUT2D eigenvalue weighted by atomic mass is 9.73. The van der Waals surface area contributed by atoms with Crippen LogP contribution in [0.15, 0.2) is 0 Å². The van der Waals surface area contributed by atoms with Crippen LogP contribution in [0.25, 0.3) is 0 Å². The summed E-state index contributed by atoms with van der Waals surface area (Å²) < 4.78 is 0. The molecule has 0 aromatic carbocycles. The fourth-order valence-corrected chi connectivity index (χ4v) is 1.30. The molecule has 0 fully saturated rings. The molecule has 86 valence electrons. The first-order valence-electron chi connectivity index (χ1n) is 4.24. The maximum absolute atomic E-state index is 10.8. The summed E-state index contributed by atoms with van der Waals surface area (Å²) in [5.41, 5.74) is -3.48. The van der Waals surface area contributed by atoms with Crippen LogP contribution in [-0.2, 0) is 14.4 Å². The van der Waals surface area contributed by atoms with Crippen molar-refractivity contribution in [2.75, 3.05) is 0 Å². The largest absolute Gasteiger partial charge is 0.480 e. The molecule has 0 spiro atoms. The number of hydrogen-bond acceptors (Lipinski definition) is 3. The fraction of sp³-hybridized carbons (Fsp3) is 0.667. The molecule has 0 bridgehead atoms. The predicted octanol–water partition coefficient (Wildman–Crippen LogP) is 0.663. The summed E-state index contributed by atoms with van der Waals surface area (Å²) in [6.45, 7) is 4.74. The minimum absolute atomic E-state index is 0.472. The third kappa shape index (κ3) is 2.68. The molecule has 0 aromatic rings. The van der Waals surface area contributed by atoms with E-state index in [0.717, 1.165) is 0 Å². The topological polar surface area (TPSA) is 112 Å². The molecule has 6 heteroatoms. The van der Waals surface area contributed by atoms with Crippen molar-refractivity contribution in [2.45, 2.75) is 27.2 Å². The quantitative estimate of drug-likeness (QED) is 0.597. The van der Waals surface area contributed by atoms with Crippen LogP contribution in [0.2, 0.25) is 0 Å². The number of carbonyl (C=O) groups is 3. The Morgan fingerprint density at radius 3 is 1.20 bits per heavy atom. The van der Waals surface area contributed by atoms with Crippen LogP contribution >= 0.6 is 0 Å². The zero-order valence-corrected chi connectivity index (χ0v) is 8.77. The highest BCUT2D eigenvalue weighted by atomic mass is 16.4. The normalized spacial score (nSPS) is 12.2. The van der Waals surface area contributed by atoms with Crippen molar-refractivity contribution in [3.63, 3.8) is 0 Å². The van der Waals surface area contributed by atoms with Crippen molar-refractivity contribution in [1.29, 1.82) is 0 Å². The van der Waals surface area contributed by atoms with E-state index in [2.05, 4.69) is 0 Å². The van der Waals surface area contributed by atoms with Gasteiger partial charge in [-0.25, -0.2) is 0 Å². The summed E-state index contributed by atoms with van der Waals surface area (Å²) in [4.78, 5) is 32.5. The number of carboxylic acids is 3. The summed E-state index contributed by atoms with van der Waals surface area (Å²) >= 11 is 0. The van der Waals surface area contributed by atoms with Crippen LogP contribution in [-0.4, -0.2) is 33.2 Å². The molecular weight excluding hydrogens is 204 g/mol. The van der Waals surface area contributed by atoms with Crippen LogP contribution in [0.3, 0.4) is 0 Å². The van der Waals surface area contributed by atoms with Crippen LogP contribution < -0.4 is 0 Å². The Balaban J connectivity index is 5.45. The second-order valence-corrected chi connectivity index (χ2v) is 4.56. The highest BCUT2D eigenvalue weighted by Crippen LogP contribution is 2.34. The van der Waals surface area contributed by atoms with Gasteiger partial charge in [-0.3, -0.25) is 14.4 Å². The van der Waals surface area contributed by atoms with Crippen molar-refractivity contribution in [2.24, 2.45) is 10.8 Å². The van der Waals surface area contributed by atoms with Gasteiger partial charge >= 0.3 is 17.9 Å². The first kappa shape index (κ1) is 13.4. The standard InChI is InChI=1S/C9H14O6/c1-8(2,3)4-9(5(10)11,6(12)13)7(14)15/h4H2,1-3H3,(H,10,11)(H,12,13)(H,14,15). The molecule has 15 heavy (non-hydrogen) atoms. The van der Waals surface area contributed by atoms with Gasteiger partial charge in [-0.05, 0) is 11.8 Å². The smallest absolute Gasteiger partial charge is 0.332 e. The molecule has 0 radical (unpaired) electrons. The van der Waals surface area contributed by atoms with E-state index in [9.17, 15) is 14.4 Å². The number of rotatable bonds is 4. The molecular formula is C9H14O6. The Hall–Kier alpha value is -1.59. The maximum Gasteiger partial charge on any atom is 0.332 e. The van der Waals surface area contributed by atoms with Gasteiger partial charge in [0.2, 0.25) is 0 Å². The molecule has 0 heterocycles. The lowest BCUT2D eigenvalue weighted by Gasteiger charge is -2.28. The second kappa shape index (κ2) is 3.88. The van der Waals surface area contributed by atoms with Crippen LogP contribution in [0.5, 0.6) is 0 Å². The first-order chi connectivity index (χ1) is 6.54. The number of aliphatic carboxylic acids is 3. The van der Waals surface area contributed by atoms with E-state index < -0.39 is 35.2 Å². The van der Waals surface area contributed by atoms with Crippen LogP contribution in [0, 0.1) is 10.8 Å². The summed E-state index contributed by atoms with van der Waals surface area (Å²) in [6, 6.07) is 0. The van der Waals surface area contributed by atoms with E-state index in [4.69, 9.17) is 15.3 Å². The Labute approximate surface area is 86.5 Å². The third-order valence-electron chi connectivity index (χ3n) is 1.89. The molecule has 0 atom stereocenters. The Morgan fingerprint density at radius 1 is 0.867 bits per heavy atom. The second-order valence-electron chi connectivity index (χ2n) is 4.56. The molecule has 0 unspecified atom stereocenters. The minimum Gasteiger partial charge on any atom is -0.480 e. The van der Waals surface area contributed by atoms with Gasteiger partial charge in [-0.15, -0.1) is 0 Å². The van der Waals surface area contributed by atoms with E-state index in [0.29, 0.717) is 0 Å². The molecule has 0 saturated heterocycles. The van der Waals surface area contributed by atoms with Crippen molar-refractivity contribution in [3.05, 3.63) is 0 Å². The van der Waals surface area contributed by atoms with Gasteiger partial charge in [0.25, 0.3) is 5.41 Å². The van der Waals surface area contributed by atoms with Gasteiger partial charge in [-0.2, -0.15) is 0 Å². The molecule has 0 aliphatic heterocycles. The molecule has 3 N–H and O–H groups in total. The summed E-state index contributed by atoms with van der Waals surface area (Å²) in [7, 11) is 0. The van der Waals surface area contributed by atoms with Crippen molar-refractivity contribution in [1.82, 2.24) is 0 Å². The summed E-state index contributed by atoms with van der Waals surface area (Å²) in [6.07, 6.45) is -0.472. The maximum atomic E-state index is 10.8. The molecule has 0 saturated carbocycles. The monoisotopic (exact) mass is 218 g/mol. The average Bonchev–Trinajstić information content (AvgIpc) is 1.96. The molecule has 0 aliphatic rings. The van der Waals surface area contributed by atoms with Gasteiger partial charge < -0.3 is 15.3 Å². The van der Waals surface area contributed by atoms with Crippen LogP contribution in [0.4, 0.5) is 0 Å². The Morgan fingerprint density at radius 2 is 1.13 bits per heavy atom. The van der Waals surface area contributed by atoms with Crippen molar-refractivity contribution in [3.8, 4) is 0 Å². The van der Waals surface area contributed by atoms with Gasteiger partial charge in [0, 0.05) is 0 Å². The fourth-order valence-electron chi connectivity index (χ4n) is 1.30. The first-order valence-corrected chi connectivity index (χ1v) is 4.24. The van der Waals surface area contributed by atoms with Gasteiger partial charge in [0.15, 0.2) is 0 Å². The average molecular weight is 218 g/mol. The third-order valence-corrected chi connectivity index (χ3v) is 1.89. The zero-order chi connectivity index (χ0) is 12.4. The zero-order valence-electron chi connectivity index (χ0n) is 8.77. The van der Waals surface area contributed by atoms with E-state index >= 15 is 0 Å². The Kier molecular flexibility index (Phi) is 3.47. The highest BCUT2D eigenvalue weighted by molar-refractivity contribution is 6.16. The summed E-state index contributed by atoms with van der Waals surface area (Å²) in [5.74, 6) is -5.55. The van der Waals surface area contributed by atoms with Gasteiger partial charge in [-0.1, -0.05) is 20.8 Å². The molecule has 0 amide bonds. The summed E-state index contributed by atoms with van der Waals surface area (Å²) in [5, 5.41) is 26.3. The van der Waals surface area contributed by atoms with E-state index in [1.807, 2.05) is 0 Å². The van der Waals surface area contributed by atoms with Gasteiger partial charge in [0.05, 0.1) is 0 Å². The van der Waals surface area contributed by atoms with Crippen LogP contribution in [0.1, 0.15) is 27.2 Å². The number of hydrogen-bond donors (Lipinski definition) is 3. The molecule has 6 nitrogen and oxygen atoms in total. The SMILES string of the molecule is CC(C)(C)CC(C(=O)O)(C(=O)O)C(=O)O. The van der Waals surface area contributed by atoms with E-state index in [1.54, 1.807) is 20.8 Å². The molecule has 0 aromatic heterocycles. The lowest BCUT2D eigenvalue weighted by Crippen LogP contribution is -2.48.